The molecule has 1 amide bonds. The van der Waals surface area contributed by atoms with E-state index < -0.39 is 5.76 Å². The maximum absolute atomic E-state index is 10.9. The number of para-hydroxylation sites is 1. The maximum atomic E-state index is 10.9. The first kappa shape index (κ1) is 8.55. The Bertz CT molecular complexity index is 538. The van der Waals surface area contributed by atoms with Crippen LogP contribution in [0, 0.1) is 0 Å². The van der Waals surface area contributed by atoms with Gasteiger partial charge in [-0.15, -0.1) is 0 Å². The van der Waals surface area contributed by atoms with Crippen LogP contribution in [0.25, 0.3) is 11.1 Å². The minimum Gasteiger partial charge on any atom is -0.408 e. The van der Waals surface area contributed by atoms with Crippen LogP contribution in [0.5, 0.6) is 0 Å². The molecule has 0 aliphatic heterocycles. The van der Waals surface area contributed by atoms with Gasteiger partial charge in [0.2, 0.25) is 5.91 Å². The fourth-order valence-electron chi connectivity index (χ4n) is 1.27. The van der Waals surface area contributed by atoms with Gasteiger partial charge in [-0.2, -0.15) is 0 Å². The maximum Gasteiger partial charge on any atom is 0.417 e. The number of H-pyrrole nitrogens is 1. The van der Waals surface area contributed by atoms with Crippen molar-refractivity contribution in [2.75, 3.05) is 5.32 Å². The van der Waals surface area contributed by atoms with Gasteiger partial charge in [-0.1, -0.05) is 6.07 Å². The summed E-state index contributed by atoms with van der Waals surface area (Å²) in [6, 6.07) is 5.04. The van der Waals surface area contributed by atoms with Crippen LogP contribution in [0.1, 0.15) is 6.92 Å². The smallest absolute Gasteiger partial charge is 0.408 e. The summed E-state index contributed by atoms with van der Waals surface area (Å²) in [5.41, 5.74) is 1.48. The summed E-state index contributed by atoms with van der Waals surface area (Å²) >= 11 is 0. The minimum absolute atomic E-state index is 0.195. The molecule has 0 saturated heterocycles. The first-order valence-corrected chi connectivity index (χ1v) is 4.06. The number of aromatic amines is 1. The van der Waals surface area contributed by atoms with Crippen molar-refractivity contribution in [1.29, 1.82) is 0 Å². The number of carbonyl (C=O) groups excluding carboxylic acids is 1. The Hall–Kier alpha value is -2.04. The number of amides is 1. The number of anilines is 1. The van der Waals surface area contributed by atoms with Crippen molar-refractivity contribution in [2.24, 2.45) is 0 Å². The molecule has 2 N–H and O–H groups in total. The van der Waals surface area contributed by atoms with Gasteiger partial charge in [0.05, 0.1) is 5.69 Å². The minimum atomic E-state index is -0.530. The lowest BCUT2D eigenvalue weighted by atomic mass is 10.3. The highest BCUT2D eigenvalue weighted by Gasteiger charge is 2.06. The van der Waals surface area contributed by atoms with Crippen LogP contribution < -0.4 is 11.1 Å². The van der Waals surface area contributed by atoms with Crippen molar-refractivity contribution in [3.8, 4) is 0 Å². The number of carbonyl (C=O) groups is 1. The van der Waals surface area contributed by atoms with Gasteiger partial charge in [0.25, 0.3) is 0 Å². The topological polar surface area (TPSA) is 75.1 Å². The third kappa shape index (κ3) is 1.39. The van der Waals surface area contributed by atoms with Crippen LogP contribution in [-0.2, 0) is 4.79 Å². The summed E-state index contributed by atoms with van der Waals surface area (Å²) in [5, 5.41) is 2.59. The van der Waals surface area contributed by atoms with Crippen LogP contribution in [0.15, 0.2) is 27.4 Å². The van der Waals surface area contributed by atoms with Gasteiger partial charge in [0, 0.05) is 6.92 Å². The second-order valence-electron chi connectivity index (χ2n) is 2.87. The number of benzene rings is 1. The Balaban J connectivity index is 2.64. The standard InChI is InChI=1S/C9H8N2O3/c1-5(12)10-6-3-2-4-7-8(6)11-9(13)14-7/h2-4H,1H3,(H,10,12)(H,11,13). The van der Waals surface area contributed by atoms with Crippen LogP contribution in [0.2, 0.25) is 0 Å². The number of hydrogen-bond acceptors (Lipinski definition) is 3. The predicted molar refractivity (Wildman–Crippen MR) is 51.1 cm³/mol. The lowest BCUT2D eigenvalue weighted by Gasteiger charge is -2.00. The second kappa shape index (κ2) is 3.02. The molecular weight excluding hydrogens is 184 g/mol. The normalized spacial score (nSPS) is 10.4. The fraction of sp³-hybridized carbons (Fsp3) is 0.111. The summed E-state index contributed by atoms with van der Waals surface area (Å²) in [5.74, 6) is -0.725. The third-order valence-electron chi connectivity index (χ3n) is 1.77. The van der Waals surface area contributed by atoms with E-state index in [-0.39, 0.29) is 5.91 Å². The first-order valence-electron chi connectivity index (χ1n) is 4.06. The second-order valence-corrected chi connectivity index (χ2v) is 2.87. The fourth-order valence-corrected chi connectivity index (χ4v) is 1.27. The molecule has 14 heavy (non-hydrogen) atoms. The zero-order valence-corrected chi connectivity index (χ0v) is 7.46. The van der Waals surface area contributed by atoms with E-state index in [2.05, 4.69) is 10.3 Å². The number of rotatable bonds is 1. The summed E-state index contributed by atoms with van der Waals surface area (Å²) in [6.07, 6.45) is 0. The first-order chi connectivity index (χ1) is 6.66. The summed E-state index contributed by atoms with van der Waals surface area (Å²) in [4.78, 5) is 24.2. The average molecular weight is 192 g/mol. The lowest BCUT2D eigenvalue weighted by molar-refractivity contribution is -0.114. The molecule has 72 valence electrons. The molecule has 0 spiro atoms. The van der Waals surface area contributed by atoms with Gasteiger partial charge in [-0.25, -0.2) is 4.79 Å². The molecular formula is C9H8N2O3. The molecule has 5 nitrogen and oxygen atoms in total. The SMILES string of the molecule is CC(=O)Nc1cccc2oc(=O)[nH]c12. The highest BCUT2D eigenvalue weighted by molar-refractivity contribution is 5.97. The molecule has 0 bridgehead atoms. The van der Waals surface area contributed by atoms with E-state index in [0.717, 1.165) is 0 Å². The molecule has 1 aromatic carbocycles. The molecule has 0 fully saturated rings. The third-order valence-corrected chi connectivity index (χ3v) is 1.77. The van der Waals surface area contributed by atoms with Gasteiger partial charge >= 0.3 is 5.76 Å². The lowest BCUT2D eigenvalue weighted by Crippen LogP contribution is -2.06. The quantitative estimate of drug-likeness (QED) is 0.709. The van der Waals surface area contributed by atoms with E-state index in [1.165, 1.54) is 6.92 Å². The number of hydrogen-bond donors (Lipinski definition) is 2. The van der Waals surface area contributed by atoms with E-state index >= 15 is 0 Å². The van der Waals surface area contributed by atoms with Gasteiger partial charge in [0.1, 0.15) is 5.52 Å². The van der Waals surface area contributed by atoms with E-state index in [1.807, 2.05) is 0 Å². The Kier molecular flexibility index (Phi) is 1.85. The summed E-state index contributed by atoms with van der Waals surface area (Å²) in [6.45, 7) is 1.40. The number of nitrogens with one attached hydrogen (secondary N) is 2. The zero-order valence-electron chi connectivity index (χ0n) is 7.46. The molecule has 2 rings (SSSR count). The largest absolute Gasteiger partial charge is 0.417 e. The Morgan fingerprint density at radius 1 is 1.50 bits per heavy atom. The number of fused-ring (bicyclic) bond motifs is 1. The highest BCUT2D eigenvalue weighted by Crippen LogP contribution is 2.19. The predicted octanol–water partition coefficient (Wildman–Crippen LogP) is 1.08. The van der Waals surface area contributed by atoms with E-state index in [9.17, 15) is 9.59 Å². The molecule has 0 unspecified atom stereocenters. The Morgan fingerprint density at radius 2 is 2.29 bits per heavy atom. The van der Waals surface area contributed by atoms with E-state index in [0.29, 0.717) is 16.8 Å². The van der Waals surface area contributed by atoms with Crippen molar-refractivity contribution in [1.82, 2.24) is 4.98 Å². The molecule has 0 aliphatic carbocycles. The van der Waals surface area contributed by atoms with Crippen LogP contribution in [-0.4, -0.2) is 10.9 Å². The molecule has 0 saturated carbocycles. The van der Waals surface area contributed by atoms with Gasteiger partial charge in [0.15, 0.2) is 5.58 Å². The van der Waals surface area contributed by atoms with Crippen LogP contribution in [0.3, 0.4) is 0 Å². The van der Waals surface area contributed by atoms with Gasteiger partial charge < -0.3 is 9.73 Å². The van der Waals surface area contributed by atoms with Crippen molar-refractivity contribution in [3.05, 3.63) is 28.7 Å². The van der Waals surface area contributed by atoms with Crippen molar-refractivity contribution < 1.29 is 9.21 Å². The van der Waals surface area contributed by atoms with Crippen LogP contribution in [0.4, 0.5) is 5.69 Å². The van der Waals surface area contributed by atoms with E-state index in [1.54, 1.807) is 18.2 Å². The van der Waals surface area contributed by atoms with Crippen molar-refractivity contribution >= 4 is 22.7 Å². The Labute approximate surface area is 78.7 Å². The zero-order chi connectivity index (χ0) is 10.1. The van der Waals surface area contributed by atoms with Crippen molar-refractivity contribution in [3.63, 3.8) is 0 Å². The molecule has 5 heteroatoms. The van der Waals surface area contributed by atoms with Gasteiger partial charge in [-0.05, 0) is 12.1 Å². The average Bonchev–Trinajstić information content (AvgIpc) is 2.45. The summed E-state index contributed by atoms with van der Waals surface area (Å²) < 4.78 is 4.83. The monoisotopic (exact) mass is 192 g/mol. The van der Waals surface area contributed by atoms with E-state index in [4.69, 9.17) is 4.42 Å². The molecule has 2 aromatic rings. The van der Waals surface area contributed by atoms with Crippen molar-refractivity contribution in [2.45, 2.75) is 6.92 Å². The Morgan fingerprint density at radius 3 is 3.00 bits per heavy atom. The molecule has 1 heterocycles. The molecule has 0 aliphatic rings. The van der Waals surface area contributed by atoms with Crippen LogP contribution >= 0.6 is 0 Å². The molecule has 0 atom stereocenters. The van der Waals surface area contributed by atoms with Gasteiger partial charge in [-0.3, -0.25) is 9.78 Å². The molecule has 1 aromatic heterocycles. The number of aromatic nitrogens is 1. The number of oxazole rings is 1. The highest BCUT2D eigenvalue weighted by atomic mass is 16.4. The summed E-state index contributed by atoms with van der Waals surface area (Å²) in [7, 11) is 0. The molecule has 0 radical (unpaired) electrons.